The van der Waals surface area contributed by atoms with Gasteiger partial charge in [-0.3, -0.25) is 4.99 Å². The van der Waals surface area contributed by atoms with Gasteiger partial charge in [-0.1, -0.05) is 36.8 Å². The molecule has 3 rings (SSSR count). The molecule has 0 saturated carbocycles. The van der Waals surface area contributed by atoms with Crippen LogP contribution in [0.1, 0.15) is 31.2 Å². The molecule has 1 unspecified atom stereocenters. The zero-order valence-electron chi connectivity index (χ0n) is 10.5. The van der Waals surface area contributed by atoms with Crippen LogP contribution < -0.4 is 5.32 Å². The monoisotopic (exact) mass is 238 g/mol. The number of fused-ring (bicyclic) bond motifs is 1. The van der Waals surface area contributed by atoms with Crippen molar-refractivity contribution in [2.45, 2.75) is 25.7 Å². The summed E-state index contributed by atoms with van der Waals surface area (Å²) >= 11 is 0. The molecule has 2 heteroatoms. The number of nitrogens with one attached hydrogen (secondary N) is 1. The van der Waals surface area contributed by atoms with E-state index in [1.165, 1.54) is 31.4 Å². The summed E-state index contributed by atoms with van der Waals surface area (Å²) in [5, 5.41) is 3.54. The van der Waals surface area contributed by atoms with Gasteiger partial charge in [0.2, 0.25) is 0 Å². The number of rotatable bonds is 1. The topological polar surface area (TPSA) is 24.4 Å². The highest BCUT2D eigenvalue weighted by atomic mass is 14.9. The Kier molecular flexibility index (Phi) is 3.26. The molecule has 0 fully saturated rings. The van der Waals surface area contributed by atoms with Crippen LogP contribution in [0.2, 0.25) is 0 Å². The maximum Gasteiger partial charge on any atom is 0.0471 e. The molecule has 1 heterocycles. The minimum atomic E-state index is 0.482. The van der Waals surface area contributed by atoms with Crippen molar-refractivity contribution >= 4 is 11.9 Å². The molecule has 1 atom stereocenters. The van der Waals surface area contributed by atoms with E-state index in [1.54, 1.807) is 0 Å². The predicted octanol–water partition coefficient (Wildman–Crippen LogP) is 4.12. The van der Waals surface area contributed by atoms with Crippen LogP contribution in [0, 0.1) is 5.92 Å². The van der Waals surface area contributed by atoms with Crippen molar-refractivity contribution in [1.29, 1.82) is 0 Å². The predicted molar refractivity (Wildman–Crippen MR) is 76.8 cm³/mol. The van der Waals surface area contributed by atoms with E-state index in [4.69, 9.17) is 0 Å². The summed E-state index contributed by atoms with van der Waals surface area (Å²) in [6.45, 7) is 0. The highest BCUT2D eigenvalue weighted by Gasteiger charge is 2.15. The fraction of sp³-hybridized carbons (Fsp3) is 0.312. The minimum Gasteiger partial charge on any atom is -0.357 e. The standard InChI is InChI=1S/C16H18N2/c1-2-4-8-13(7-3-1)16-12-17-11-14-9-5-6-10-15(14)18-16/h3,5-7,9-13,18H,1-2,4,8H2. The Hall–Kier alpha value is -1.83. The van der Waals surface area contributed by atoms with Gasteiger partial charge in [0.25, 0.3) is 0 Å². The number of hydrogen-bond donors (Lipinski definition) is 1. The molecule has 2 nitrogen and oxygen atoms in total. The van der Waals surface area contributed by atoms with Gasteiger partial charge in [0.1, 0.15) is 0 Å². The van der Waals surface area contributed by atoms with Crippen molar-refractivity contribution < 1.29 is 0 Å². The van der Waals surface area contributed by atoms with Crippen molar-refractivity contribution in [3.63, 3.8) is 0 Å². The maximum atomic E-state index is 4.42. The first kappa shape index (κ1) is 11.3. The molecule has 1 aromatic rings. The van der Waals surface area contributed by atoms with E-state index in [9.17, 15) is 0 Å². The summed E-state index contributed by atoms with van der Waals surface area (Å²) in [6.07, 6.45) is 13.6. The third kappa shape index (κ3) is 2.37. The SMILES string of the molecule is C1=CC(C2=CN=Cc3ccccc3N2)CCCC1. The highest BCUT2D eigenvalue weighted by molar-refractivity contribution is 5.89. The molecule has 1 aliphatic carbocycles. The molecule has 1 aliphatic heterocycles. The van der Waals surface area contributed by atoms with Gasteiger partial charge in [-0.05, 0) is 25.3 Å². The van der Waals surface area contributed by atoms with Crippen LogP contribution >= 0.6 is 0 Å². The number of anilines is 1. The number of hydrogen-bond acceptors (Lipinski definition) is 2. The largest absolute Gasteiger partial charge is 0.357 e. The number of nitrogens with zero attached hydrogens (tertiary/aromatic N) is 1. The van der Waals surface area contributed by atoms with Gasteiger partial charge in [-0.25, -0.2) is 0 Å². The Balaban J connectivity index is 1.87. The van der Waals surface area contributed by atoms with Crippen molar-refractivity contribution in [1.82, 2.24) is 0 Å². The van der Waals surface area contributed by atoms with Crippen molar-refractivity contribution in [3.8, 4) is 0 Å². The summed E-state index contributed by atoms with van der Waals surface area (Å²) in [6, 6.07) is 8.31. The van der Waals surface area contributed by atoms with E-state index in [-0.39, 0.29) is 0 Å². The molecule has 1 aromatic carbocycles. The molecular formula is C16H18N2. The zero-order chi connectivity index (χ0) is 12.2. The third-order valence-corrected chi connectivity index (χ3v) is 3.57. The lowest BCUT2D eigenvalue weighted by atomic mass is 10.00. The highest BCUT2D eigenvalue weighted by Crippen LogP contribution is 2.27. The maximum absolute atomic E-state index is 4.42. The average molecular weight is 238 g/mol. The van der Waals surface area contributed by atoms with Crippen LogP contribution in [0.15, 0.2) is 53.3 Å². The summed E-state index contributed by atoms with van der Waals surface area (Å²) in [4.78, 5) is 4.42. The van der Waals surface area contributed by atoms with Crippen molar-refractivity contribution in [2.24, 2.45) is 10.9 Å². The van der Waals surface area contributed by atoms with E-state index in [2.05, 4.69) is 40.7 Å². The number of aliphatic imine (C=N–C) groups is 1. The van der Waals surface area contributed by atoms with Gasteiger partial charge in [-0.2, -0.15) is 0 Å². The lowest BCUT2D eigenvalue weighted by molar-refractivity contribution is 0.624. The van der Waals surface area contributed by atoms with E-state index in [0.717, 1.165) is 11.3 Å². The van der Waals surface area contributed by atoms with Crippen LogP contribution in [-0.4, -0.2) is 6.21 Å². The molecule has 0 aromatic heterocycles. The fourth-order valence-corrected chi connectivity index (χ4v) is 2.54. The Morgan fingerprint density at radius 1 is 1.17 bits per heavy atom. The van der Waals surface area contributed by atoms with E-state index < -0.39 is 0 Å². The Morgan fingerprint density at radius 3 is 3.11 bits per heavy atom. The number of allylic oxidation sites excluding steroid dienone is 2. The molecule has 0 bridgehead atoms. The van der Waals surface area contributed by atoms with Crippen LogP contribution in [0.4, 0.5) is 5.69 Å². The van der Waals surface area contributed by atoms with Gasteiger partial charge in [0.15, 0.2) is 0 Å². The summed E-state index contributed by atoms with van der Waals surface area (Å²) < 4.78 is 0. The molecule has 0 spiro atoms. The lowest BCUT2D eigenvalue weighted by Gasteiger charge is -2.17. The molecule has 2 aliphatic rings. The molecule has 0 amide bonds. The number of para-hydroxylation sites is 1. The quantitative estimate of drug-likeness (QED) is 0.731. The molecule has 18 heavy (non-hydrogen) atoms. The normalized spacial score (nSPS) is 22.4. The lowest BCUT2D eigenvalue weighted by Crippen LogP contribution is -2.09. The molecule has 92 valence electrons. The summed E-state index contributed by atoms with van der Waals surface area (Å²) in [5.74, 6) is 0.482. The summed E-state index contributed by atoms with van der Waals surface area (Å²) in [7, 11) is 0. The Bertz CT molecular complexity index is 512. The van der Waals surface area contributed by atoms with E-state index >= 15 is 0 Å². The van der Waals surface area contributed by atoms with Gasteiger partial charge >= 0.3 is 0 Å². The molecule has 0 saturated heterocycles. The van der Waals surface area contributed by atoms with Crippen molar-refractivity contribution in [3.05, 3.63) is 53.9 Å². The van der Waals surface area contributed by atoms with Crippen LogP contribution in [0.3, 0.4) is 0 Å². The van der Waals surface area contributed by atoms with E-state index in [0.29, 0.717) is 5.92 Å². The second-order valence-electron chi connectivity index (χ2n) is 4.89. The van der Waals surface area contributed by atoms with E-state index in [1.807, 2.05) is 18.5 Å². The minimum absolute atomic E-state index is 0.482. The van der Waals surface area contributed by atoms with Crippen LogP contribution in [0.25, 0.3) is 0 Å². The zero-order valence-corrected chi connectivity index (χ0v) is 10.5. The van der Waals surface area contributed by atoms with Crippen molar-refractivity contribution in [2.75, 3.05) is 5.32 Å². The van der Waals surface area contributed by atoms with Crippen LogP contribution in [0.5, 0.6) is 0 Å². The van der Waals surface area contributed by atoms with Crippen LogP contribution in [-0.2, 0) is 0 Å². The van der Waals surface area contributed by atoms with Gasteiger partial charge in [-0.15, -0.1) is 0 Å². The second kappa shape index (κ2) is 5.21. The molecule has 0 radical (unpaired) electrons. The average Bonchev–Trinajstić information content (AvgIpc) is 2.79. The fourth-order valence-electron chi connectivity index (χ4n) is 2.54. The summed E-state index contributed by atoms with van der Waals surface area (Å²) in [5.41, 5.74) is 3.53. The van der Waals surface area contributed by atoms with Gasteiger partial charge in [0.05, 0.1) is 0 Å². The van der Waals surface area contributed by atoms with Gasteiger partial charge in [0, 0.05) is 35.3 Å². The van der Waals surface area contributed by atoms with Gasteiger partial charge < -0.3 is 5.32 Å². The first-order chi connectivity index (χ1) is 8.93. The second-order valence-corrected chi connectivity index (χ2v) is 4.89. The molecule has 1 N–H and O–H groups in total. The smallest absolute Gasteiger partial charge is 0.0471 e. The first-order valence-corrected chi connectivity index (χ1v) is 6.69. The Morgan fingerprint density at radius 2 is 2.11 bits per heavy atom. The third-order valence-electron chi connectivity index (χ3n) is 3.57. The Labute approximate surface area is 108 Å². The number of benzene rings is 1. The molecular weight excluding hydrogens is 220 g/mol. The first-order valence-electron chi connectivity index (χ1n) is 6.69.